The molecule has 0 spiro atoms. The van der Waals surface area contributed by atoms with E-state index in [0.717, 1.165) is 18.5 Å². The minimum absolute atomic E-state index is 0.414. The number of nitrogens with two attached hydrogens (primary N) is 1. The fourth-order valence-corrected chi connectivity index (χ4v) is 3.87. The third kappa shape index (κ3) is 3.96. The predicted octanol–water partition coefficient (Wildman–Crippen LogP) is 3.01. The van der Waals surface area contributed by atoms with E-state index in [1.54, 1.807) is 0 Å². The first kappa shape index (κ1) is 13.4. The first-order chi connectivity index (χ1) is 7.94. The molecule has 2 nitrogen and oxygen atoms in total. The molecular weight excluding hydrogens is 208 g/mol. The van der Waals surface area contributed by atoms with Crippen molar-refractivity contribution in [3.8, 4) is 0 Å². The fraction of sp³-hybridized carbons (Fsp3) is 1.00. The van der Waals surface area contributed by atoms with Gasteiger partial charge in [-0.1, -0.05) is 33.6 Å². The summed E-state index contributed by atoms with van der Waals surface area (Å²) in [4.78, 5) is 2.71. The number of rotatable bonds is 2. The van der Waals surface area contributed by atoms with Crippen LogP contribution in [0.3, 0.4) is 0 Å². The van der Waals surface area contributed by atoms with Gasteiger partial charge in [0.2, 0.25) is 0 Å². The van der Waals surface area contributed by atoms with E-state index in [1.165, 1.54) is 45.1 Å². The van der Waals surface area contributed by atoms with Crippen LogP contribution in [-0.2, 0) is 0 Å². The fourth-order valence-electron chi connectivity index (χ4n) is 3.87. The lowest BCUT2D eigenvalue weighted by Gasteiger charge is -2.41. The highest BCUT2D eigenvalue weighted by molar-refractivity contribution is 4.88. The van der Waals surface area contributed by atoms with E-state index in [-0.39, 0.29) is 0 Å². The molecule has 2 unspecified atom stereocenters. The zero-order valence-electron chi connectivity index (χ0n) is 11.9. The maximum atomic E-state index is 6.26. The molecule has 0 aromatic heterocycles. The van der Waals surface area contributed by atoms with E-state index in [9.17, 15) is 0 Å². The zero-order chi connectivity index (χ0) is 12.5. The first-order valence-electron chi connectivity index (χ1n) is 7.44. The van der Waals surface area contributed by atoms with Crippen LogP contribution < -0.4 is 5.73 Å². The van der Waals surface area contributed by atoms with Crippen LogP contribution in [0.25, 0.3) is 0 Å². The summed E-state index contributed by atoms with van der Waals surface area (Å²) in [5, 5.41) is 0. The van der Waals surface area contributed by atoms with Crippen molar-refractivity contribution in [1.29, 1.82) is 0 Å². The van der Waals surface area contributed by atoms with Gasteiger partial charge in [-0.2, -0.15) is 0 Å². The maximum absolute atomic E-state index is 6.26. The molecule has 2 heteroatoms. The van der Waals surface area contributed by atoms with Crippen molar-refractivity contribution >= 4 is 0 Å². The third-order valence-corrected chi connectivity index (χ3v) is 4.34. The van der Waals surface area contributed by atoms with Crippen LogP contribution in [0.4, 0.5) is 0 Å². The minimum atomic E-state index is 0.414. The SMILES string of the molecule is CC(C)(C)CC1CC(N)CN(C2CCCC2)C1. The second-order valence-corrected chi connectivity index (χ2v) is 7.52. The molecule has 2 N–H and O–H groups in total. The lowest BCUT2D eigenvalue weighted by atomic mass is 9.80. The maximum Gasteiger partial charge on any atom is 0.0171 e. The second-order valence-electron chi connectivity index (χ2n) is 7.52. The average Bonchev–Trinajstić information content (AvgIpc) is 2.65. The van der Waals surface area contributed by atoms with Gasteiger partial charge in [0.05, 0.1) is 0 Å². The Morgan fingerprint density at radius 2 is 1.76 bits per heavy atom. The molecule has 100 valence electrons. The molecule has 1 aliphatic heterocycles. The Kier molecular flexibility index (Phi) is 4.14. The molecule has 17 heavy (non-hydrogen) atoms. The molecule has 2 fully saturated rings. The smallest absolute Gasteiger partial charge is 0.0171 e. The first-order valence-corrected chi connectivity index (χ1v) is 7.44. The molecule has 1 saturated carbocycles. The van der Waals surface area contributed by atoms with Crippen LogP contribution in [0.5, 0.6) is 0 Å². The van der Waals surface area contributed by atoms with Gasteiger partial charge in [-0.3, -0.25) is 4.90 Å². The van der Waals surface area contributed by atoms with Gasteiger partial charge in [0.25, 0.3) is 0 Å². The lowest BCUT2D eigenvalue weighted by Crippen LogP contribution is -2.50. The summed E-state index contributed by atoms with van der Waals surface area (Å²) < 4.78 is 0. The van der Waals surface area contributed by atoms with Crippen molar-refractivity contribution in [3.05, 3.63) is 0 Å². The number of hydrogen-bond donors (Lipinski definition) is 1. The monoisotopic (exact) mass is 238 g/mol. The van der Waals surface area contributed by atoms with Gasteiger partial charge < -0.3 is 5.73 Å². The molecule has 2 aliphatic rings. The molecule has 1 aliphatic carbocycles. The Balaban J connectivity index is 1.91. The topological polar surface area (TPSA) is 29.3 Å². The molecule has 0 aromatic carbocycles. The van der Waals surface area contributed by atoms with E-state index < -0.39 is 0 Å². The highest BCUT2D eigenvalue weighted by Gasteiger charge is 2.32. The van der Waals surface area contributed by atoms with Crippen LogP contribution in [-0.4, -0.2) is 30.1 Å². The second kappa shape index (κ2) is 5.27. The van der Waals surface area contributed by atoms with E-state index in [4.69, 9.17) is 5.73 Å². The molecule has 1 saturated heterocycles. The summed E-state index contributed by atoms with van der Waals surface area (Å²) in [5.74, 6) is 0.819. The average molecular weight is 238 g/mol. The van der Waals surface area contributed by atoms with Gasteiger partial charge in [0, 0.05) is 25.2 Å². The van der Waals surface area contributed by atoms with Crippen molar-refractivity contribution < 1.29 is 0 Å². The third-order valence-electron chi connectivity index (χ3n) is 4.34. The Labute approximate surface area is 107 Å². The van der Waals surface area contributed by atoms with Gasteiger partial charge in [-0.25, -0.2) is 0 Å². The van der Waals surface area contributed by atoms with Crippen molar-refractivity contribution in [2.75, 3.05) is 13.1 Å². The number of nitrogens with zero attached hydrogens (tertiary/aromatic N) is 1. The van der Waals surface area contributed by atoms with Gasteiger partial charge in [-0.05, 0) is 37.0 Å². The van der Waals surface area contributed by atoms with Crippen molar-refractivity contribution in [1.82, 2.24) is 4.90 Å². The van der Waals surface area contributed by atoms with Gasteiger partial charge in [0.15, 0.2) is 0 Å². The molecule has 0 aromatic rings. The summed E-state index contributed by atoms with van der Waals surface area (Å²) in [7, 11) is 0. The summed E-state index contributed by atoms with van der Waals surface area (Å²) in [6.45, 7) is 9.51. The van der Waals surface area contributed by atoms with E-state index in [2.05, 4.69) is 25.7 Å². The van der Waals surface area contributed by atoms with E-state index >= 15 is 0 Å². The van der Waals surface area contributed by atoms with Crippen molar-refractivity contribution in [2.45, 2.75) is 71.4 Å². The Bertz CT molecular complexity index is 238. The van der Waals surface area contributed by atoms with Crippen LogP contribution in [0.1, 0.15) is 59.3 Å². The number of hydrogen-bond acceptors (Lipinski definition) is 2. The summed E-state index contributed by atoms with van der Waals surface area (Å²) in [5.41, 5.74) is 6.71. The minimum Gasteiger partial charge on any atom is -0.327 e. The Morgan fingerprint density at radius 1 is 1.12 bits per heavy atom. The predicted molar refractivity (Wildman–Crippen MR) is 74.0 cm³/mol. The van der Waals surface area contributed by atoms with Crippen molar-refractivity contribution in [3.63, 3.8) is 0 Å². The standard InChI is InChI=1S/C15H30N2/c1-15(2,3)9-12-8-13(16)11-17(10-12)14-6-4-5-7-14/h12-14H,4-11,16H2,1-3H3. The zero-order valence-corrected chi connectivity index (χ0v) is 11.9. The highest BCUT2D eigenvalue weighted by Crippen LogP contribution is 2.33. The van der Waals surface area contributed by atoms with Crippen LogP contribution in [0.15, 0.2) is 0 Å². The molecule has 1 heterocycles. The summed E-state index contributed by atoms with van der Waals surface area (Å²) >= 11 is 0. The molecule has 0 amide bonds. The lowest BCUT2D eigenvalue weighted by molar-refractivity contribution is 0.0904. The van der Waals surface area contributed by atoms with Gasteiger partial charge in [-0.15, -0.1) is 0 Å². The van der Waals surface area contributed by atoms with Crippen LogP contribution in [0, 0.1) is 11.3 Å². The molecule has 0 bridgehead atoms. The summed E-state index contributed by atoms with van der Waals surface area (Å²) in [6, 6.07) is 1.26. The number of likely N-dealkylation sites (tertiary alicyclic amines) is 1. The normalized spacial score (nSPS) is 33.2. The molecular formula is C15H30N2. The van der Waals surface area contributed by atoms with E-state index in [1.807, 2.05) is 0 Å². The van der Waals surface area contributed by atoms with E-state index in [0.29, 0.717) is 11.5 Å². The van der Waals surface area contributed by atoms with Gasteiger partial charge in [0.1, 0.15) is 0 Å². The Morgan fingerprint density at radius 3 is 2.35 bits per heavy atom. The largest absolute Gasteiger partial charge is 0.327 e. The van der Waals surface area contributed by atoms with Crippen molar-refractivity contribution in [2.24, 2.45) is 17.1 Å². The highest BCUT2D eigenvalue weighted by atomic mass is 15.2. The Hall–Kier alpha value is -0.0800. The molecule has 2 atom stereocenters. The molecule has 2 rings (SSSR count). The van der Waals surface area contributed by atoms with Crippen LogP contribution >= 0.6 is 0 Å². The number of piperidine rings is 1. The van der Waals surface area contributed by atoms with Gasteiger partial charge >= 0.3 is 0 Å². The summed E-state index contributed by atoms with van der Waals surface area (Å²) in [6.07, 6.45) is 8.25. The van der Waals surface area contributed by atoms with Crippen LogP contribution in [0.2, 0.25) is 0 Å². The molecule has 0 radical (unpaired) electrons. The quantitative estimate of drug-likeness (QED) is 0.801.